The van der Waals surface area contributed by atoms with Gasteiger partial charge in [-0.1, -0.05) is 15.9 Å². The molecule has 2 amide bonds. The van der Waals surface area contributed by atoms with Crippen molar-refractivity contribution in [2.24, 2.45) is 5.92 Å². The molecule has 1 fully saturated rings. The van der Waals surface area contributed by atoms with Gasteiger partial charge in [0, 0.05) is 38.3 Å². The number of halogens is 1. The van der Waals surface area contributed by atoms with Gasteiger partial charge in [0.1, 0.15) is 0 Å². The Morgan fingerprint density at radius 3 is 2.93 bits per heavy atom. The van der Waals surface area contributed by atoms with Crippen molar-refractivity contribution in [2.45, 2.75) is 19.8 Å². The molecule has 0 aliphatic carbocycles. The number of hydrogen-bond donors (Lipinski definition) is 1. The maximum atomic E-state index is 11.5. The molecule has 1 atom stereocenters. The van der Waals surface area contributed by atoms with Crippen LogP contribution in [0.3, 0.4) is 0 Å². The first-order chi connectivity index (χ1) is 7.13. The van der Waals surface area contributed by atoms with Crippen LogP contribution >= 0.6 is 15.9 Å². The molecule has 0 radical (unpaired) electrons. The van der Waals surface area contributed by atoms with Gasteiger partial charge in [0.25, 0.3) is 0 Å². The Morgan fingerprint density at radius 2 is 2.40 bits per heavy atom. The Bertz CT molecular complexity index is 246. The summed E-state index contributed by atoms with van der Waals surface area (Å²) in [5.74, 6) is 0.682. The highest BCUT2D eigenvalue weighted by molar-refractivity contribution is 9.09. The number of rotatable bonds is 5. The molecule has 5 heteroatoms. The molecule has 1 N–H and O–H groups in total. The Kier molecular flexibility index (Phi) is 5.08. The summed E-state index contributed by atoms with van der Waals surface area (Å²) >= 11 is 3.40. The van der Waals surface area contributed by atoms with Gasteiger partial charge in [0.05, 0.1) is 0 Å². The van der Waals surface area contributed by atoms with Gasteiger partial charge in [-0.05, 0) is 12.3 Å². The zero-order valence-electron chi connectivity index (χ0n) is 8.96. The molecule has 0 saturated carbocycles. The predicted octanol–water partition coefficient (Wildman–Crippen LogP) is 0.756. The van der Waals surface area contributed by atoms with Crippen molar-refractivity contribution in [2.75, 3.05) is 25.0 Å². The zero-order chi connectivity index (χ0) is 11.3. The van der Waals surface area contributed by atoms with Crippen molar-refractivity contribution in [3.05, 3.63) is 0 Å². The van der Waals surface area contributed by atoms with E-state index in [0.29, 0.717) is 18.9 Å². The molecule has 0 aromatic rings. The van der Waals surface area contributed by atoms with Gasteiger partial charge in [-0.3, -0.25) is 9.59 Å². The molecule has 1 unspecified atom stereocenters. The summed E-state index contributed by atoms with van der Waals surface area (Å²) in [6.07, 6.45) is 1.49. The summed E-state index contributed by atoms with van der Waals surface area (Å²) in [6.45, 7) is 3.76. The topological polar surface area (TPSA) is 49.4 Å². The van der Waals surface area contributed by atoms with E-state index in [1.165, 1.54) is 6.92 Å². The van der Waals surface area contributed by atoms with Crippen LogP contribution in [0.1, 0.15) is 19.8 Å². The molecular formula is C10H17BrN2O2. The fraction of sp³-hybridized carbons (Fsp3) is 0.800. The molecule has 0 aromatic heterocycles. The lowest BCUT2D eigenvalue weighted by atomic mass is 10.2. The van der Waals surface area contributed by atoms with Gasteiger partial charge in [-0.25, -0.2) is 0 Å². The summed E-state index contributed by atoms with van der Waals surface area (Å²) in [5, 5.41) is 3.61. The molecule has 0 bridgehead atoms. The quantitative estimate of drug-likeness (QED) is 0.595. The van der Waals surface area contributed by atoms with Crippen LogP contribution in [0.2, 0.25) is 0 Å². The average molecular weight is 277 g/mol. The van der Waals surface area contributed by atoms with Crippen LogP contribution in [0, 0.1) is 5.92 Å². The van der Waals surface area contributed by atoms with Gasteiger partial charge in [-0.2, -0.15) is 0 Å². The molecule has 0 aromatic carbocycles. The maximum Gasteiger partial charge on any atom is 0.222 e. The summed E-state index contributed by atoms with van der Waals surface area (Å²) < 4.78 is 0. The third kappa shape index (κ3) is 4.20. The molecule has 1 rings (SSSR count). The fourth-order valence-corrected chi connectivity index (χ4v) is 2.14. The predicted molar refractivity (Wildman–Crippen MR) is 61.8 cm³/mol. The SMILES string of the molecule is CC(=O)NCCCN1CC(CBr)CC1=O. The van der Waals surface area contributed by atoms with Gasteiger partial charge < -0.3 is 10.2 Å². The standard InChI is InChI=1S/C10H17BrN2O2/c1-8(14)12-3-2-4-13-7-9(6-11)5-10(13)15/h9H,2-7H2,1H3,(H,12,14). The molecule has 86 valence electrons. The lowest BCUT2D eigenvalue weighted by Gasteiger charge is -2.15. The van der Waals surface area contributed by atoms with Crippen LogP contribution in [0.15, 0.2) is 0 Å². The number of carbonyl (C=O) groups is 2. The monoisotopic (exact) mass is 276 g/mol. The third-order valence-corrected chi connectivity index (χ3v) is 3.41. The van der Waals surface area contributed by atoms with Crippen LogP contribution in [-0.4, -0.2) is 41.7 Å². The average Bonchev–Trinajstić information content (AvgIpc) is 2.54. The first-order valence-corrected chi connectivity index (χ1v) is 6.33. The molecule has 1 aliphatic heterocycles. The largest absolute Gasteiger partial charge is 0.356 e. The minimum Gasteiger partial charge on any atom is -0.356 e. The number of hydrogen-bond acceptors (Lipinski definition) is 2. The Morgan fingerprint density at radius 1 is 1.67 bits per heavy atom. The highest BCUT2D eigenvalue weighted by atomic mass is 79.9. The number of carbonyl (C=O) groups excluding carboxylic acids is 2. The number of amides is 2. The molecule has 4 nitrogen and oxygen atoms in total. The second-order valence-electron chi connectivity index (χ2n) is 3.90. The summed E-state index contributed by atoms with van der Waals surface area (Å²) in [7, 11) is 0. The number of nitrogens with one attached hydrogen (secondary N) is 1. The van der Waals surface area contributed by atoms with E-state index in [4.69, 9.17) is 0 Å². The second-order valence-corrected chi connectivity index (χ2v) is 4.55. The van der Waals surface area contributed by atoms with E-state index in [2.05, 4.69) is 21.2 Å². The summed E-state index contributed by atoms with van der Waals surface area (Å²) in [6, 6.07) is 0. The number of alkyl halides is 1. The van der Waals surface area contributed by atoms with Gasteiger partial charge in [0.2, 0.25) is 11.8 Å². The van der Waals surface area contributed by atoms with Crippen molar-refractivity contribution in [3.8, 4) is 0 Å². The van der Waals surface area contributed by atoms with Gasteiger partial charge >= 0.3 is 0 Å². The van der Waals surface area contributed by atoms with E-state index in [1.54, 1.807) is 0 Å². The molecule has 1 heterocycles. The molecule has 0 spiro atoms. The zero-order valence-corrected chi connectivity index (χ0v) is 10.5. The molecule has 1 saturated heterocycles. The van der Waals surface area contributed by atoms with Crippen LogP contribution in [0.5, 0.6) is 0 Å². The highest BCUT2D eigenvalue weighted by Gasteiger charge is 2.27. The van der Waals surface area contributed by atoms with Crippen LogP contribution in [-0.2, 0) is 9.59 Å². The van der Waals surface area contributed by atoms with Crippen molar-refractivity contribution in [1.82, 2.24) is 10.2 Å². The second kappa shape index (κ2) is 6.10. The fourth-order valence-electron chi connectivity index (χ4n) is 1.71. The molecular weight excluding hydrogens is 260 g/mol. The van der Waals surface area contributed by atoms with Crippen LogP contribution < -0.4 is 5.32 Å². The Labute approximate surface area is 98.5 Å². The first kappa shape index (κ1) is 12.5. The van der Waals surface area contributed by atoms with Crippen LogP contribution in [0.25, 0.3) is 0 Å². The van der Waals surface area contributed by atoms with Crippen molar-refractivity contribution >= 4 is 27.7 Å². The van der Waals surface area contributed by atoms with Crippen molar-refractivity contribution in [3.63, 3.8) is 0 Å². The number of nitrogens with zero attached hydrogens (tertiary/aromatic N) is 1. The lowest BCUT2D eigenvalue weighted by Crippen LogP contribution is -2.30. The van der Waals surface area contributed by atoms with E-state index < -0.39 is 0 Å². The van der Waals surface area contributed by atoms with E-state index in [-0.39, 0.29) is 11.8 Å². The van der Waals surface area contributed by atoms with E-state index in [1.807, 2.05) is 4.90 Å². The Hall–Kier alpha value is -0.580. The van der Waals surface area contributed by atoms with E-state index in [9.17, 15) is 9.59 Å². The maximum absolute atomic E-state index is 11.5. The lowest BCUT2D eigenvalue weighted by molar-refractivity contribution is -0.127. The minimum absolute atomic E-state index is 0.0129. The molecule has 15 heavy (non-hydrogen) atoms. The first-order valence-electron chi connectivity index (χ1n) is 5.21. The summed E-state index contributed by atoms with van der Waals surface area (Å²) in [4.78, 5) is 24.0. The minimum atomic E-state index is -0.0129. The van der Waals surface area contributed by atoms with Crippen molar-refractivity contribution in [1.29, 1.82) is 0 Å². The Balaban J connectivity index is 2.16. The molecule has 1 aliphatic rings. The number of likely N-dealkylation sites (tertiary alicyclic amines) is 1. The van der Waals surface area contributed by atoms with Gasteiger partial charge in [-0.15, -0.1) is 0 Å². The smallest absolute Gasteiger partial charge is 0.222 e. The van der Waals surface area contributed by atoms with Gasteiger partial charge in [0.15, 0.2) is 0 Å². The summed E-state index contributed by atoms with van der Waals surface area (Å²) in [5.41, 5.74) is 0. The third-order valence-electron chi connectivity index (χ3n) is 2.49. The van der Waals surface area contributed by atoms with E-state index in [0.717, 1.165) is 24.8 Å². The van der Waals surface area contributed by atoms with Crippen molar-refractivity contribution < 1.29 is 9.59 Å². The van der Waals surface area contributed by atoms with Crippen LogP contribution in [0.4, 0.5) is 0 Å². The highest BCUT2D eigenvalue weighted by Crippen LogP contribution is 2.19. The normalized spacial score (nSPS) is 20.8. The van der Waals surface area contributed by atoms with E-state index >= 15 is 0 Å².